The summed E-state index contributed by atoms with van der Waals surface area (Å²) in [4.78, 5) is 29.2. The van der Waals surface area contributed by atoms with E-state index in [1.165, 1.54) is 11.8 Å². The second-order valence-electron chi connectivity index (χ2n) is 7.43. The molecule has 2 aliphatic rings. The summed E-state index contributed by atoms with van der Waals surface area (Å²) < 4.78 is 7.50. The van der Waals surface area contributed by atoms with Gasteiger partial charge in [0.05, 0.1) is 18.4 Å². The van der Waals surface area contributed by atoms with E-state index < -0.39 is 0 Å². The zero-order chi connectivity index (χ0) is 19.5. The molecular formula is C21H25N3O3S. The molecule has 1 N–H and O–H groups in total. The van der Waals surface area contributed by atoms with Crippen LogP contribution in [0.25, 0.3) is 0 Å². The Morgan fingerprint density at radius 1 is 1.29 bits per heavy atom. The van der Waals surface area contributed by atoms with Gasteiger partial charge in [-0.25, -0.2) is 4.79 Å². The molecule has 1 fully saturated rings. The Labute approximate surface area is 168 Å². The zero-order valence-electron chi connectivity index (χ0n) is 16.1. The van der Waals surface area contributed by atoms with E-state index in [4.69, 9.17) is 4.74 Å². The van der Waals surface area contributed by atoms with Gasteiger partial charge < -0.3 is 10.1 Å². The molecule has 0 spiro atoms. The molecule has 148 valence electrons. The number of nitrogens with zero attached hydrogens (tertiary/aromatic N) is 2. The fraction of sp³-hybridized carbons (Fsp3) is 0.476. The van der Waals surface area contributed by atoms with Crippen LogP contribution in [-0.2, 0) is 28.9 Å². The van der Waals surface area contributed by atoms with Crippen LogP contribution in [0.4, 0.5) is 5.69 Å². The smallest absolute Gasteiger partial charge is 0.348 e. The van der Waals surface area contributed by atoms with Gasteiger partial charge >= 0.3 is 5.69 Å². The molecule has 2 heterocycles. The van der Waals surface area contributed by atoms with Crippen molar-refractivity contribution in [1.29, 1.82) is 0 Å². The van der Waals surface area contributed by atoms with Crippen molar-refractivity contribution in [1.82, 2.24) is 9.55 Å². The Morgan fingerprint density at radius 3 is 2.86 bits per heavy atom. The SMILES string of the molecule is Cc1ccc(NC(=O)CSc2nc(=O)n(CC3CCCO3)c3c2CCC3)cc1. The quantitative estimate of drug-likeness (QED) is 0.597. The van der Waals surface area contributed by atoms with Gasteiger partial charge in [-0.1, -0.05) is 29.5 Å². The Balaban J connectivity index is 1.45. The number of carbonyl (C=O) groups is 1. The molecular weight excluding hydrogens is 374 g/mol. The highest BCUT2D eigenvalue weighted by molar-refractivity contribution is 8.00. The first-order valence-corrected chi connectivity index (χ1v) is 10.8. The van der Waals surface area contributed by atoms with E-state index in [9.17, 15) is 9.59 Å². The minimum Gasteiger partial charge on any atom is -0.376 e. The summed E-state index contributed by atoms with van der Waals surface area (Å²) in [6, 6.07) is 7.70. The van der Waals surface area contributed by atoms with Crippen LogP contribution in [0.2, 0.25) is 0 Å². The predicted octanol–water partition coefficient (Wildman–Crippen LogP) is 2.95. The summed E-state index contributed by atoms with van der Waals surface area (Å²) in [5.41, 5.74) is 3.91. The molecule has 1 aromatic carbocycles. The van der Waals surface area contributed by atoms with Crippen molar-refractivity contribution in [2.45, 2.75) is 56.7 Å². The van der Waals surface area contributed by atoms with Crippen molar-refractivity contribution in [3.63, 3.8) is 0 Å². The van der Waals surface area contributed by atoms with Gasteiger partial charge in [-0.05, 0) is 51.2 Å². The number of carbonyl (C=O) groups excluding carboxylic acids is 1. The average Bonchev–Trinajstić information content (AvgIpc) is 3.36. The molecule has 2 aromatic rings. The van der Waals surface area contributed by atoms with Gasteiger partial charge in [0.2, 0.25) is 5.91 Å². The van der Waals surface area contributed by atoms with Gasteiger partial charge in [-0.2, -0.15) is 4.98 Å². The second-order valence-corrected chi connectivity index (χ2v) is 8.39. The van der Waals surface area contributed by atoms with E-state index in [0.29, 0.717) is 11.6 Å². The first-order chi connectivity index (χ1) is 13.6. The molecule has 1 aliphatic heterocycles. The lowest BCUT2D eigenvalue weighted by Gasteiger charge is -2.17. The molecule has 1 aliphatic carbocycles. The first-order valence-electron chi connectivity index (χ1n) is 9.83. The molecule has 6 nitrogen and oxygen atoms in total. The van der Waals surface area contributed by atoms with Crippen LogP contribution in [0.3, 0.4) is 0 Å². The molecule has 28 heavy (non-hydrogen) atoms. The molecule has 1 unspecified atom stereocenters. The van der Waals surface area contributed by atoms with E-state index in [1.807, 2.05) is 31.2 Å². The number of nitrogens with one attached hydrogen (secondary N) is 1. The number of fused-ring (bicyclic) bond motifs is 1. The van der Waals surface area contributed by atoms with Gasteiger partial charge in [-0.15, -0.1) is 0 Å². The van der Waals surface area contributed by atoms with Gasteiger partial charge in [0.1, 0.15) is 5.03 Å². The molecule has 7 heteroatoms. The third kappa shape index (κ3) is 4.31. The van der Waals surface area contributed by atoms with Gasteiger partial charge in [0, 0.05) is 23.6 Å². The third-order valence-corrected chi connectivity index (χ3v) is 6.30. The summed E-state index contributed by atoms with van der Waals surface area (Å²) in [5.74, 6) is 0.147. The maximum absolute atomic E-state index is 12.6. The van der Waals surface area contributed by atoms with E-state index in [-0.39, 0.29) is 23.5 Å². The van der Waals surface area contributed by atoms with Crippen molar-refractivity contribution in [2.75, 3.05) is 17.7 Å². The number of hydrogen-bond acceptors (Lipinski definition) is 5. The van der Waals surface area contributed by atoms with Crippen LogP contribution in [0, 0.1) is 6.92 Å². The maximum Gasteiger partial charge on any atom is 0.348 e. The Bertz CT molecular complexity index is 918. The molecule has 4 rings (SSSR count). The fourth-order valence-corrected chi connectivity index (χ4v) is 4.73. The predicted molar refractivity (Wildman–Crippen MR) is 110 cm³/mol. The Morgan fingerprint density at radius 2 is 2.11 bits per heavy atom. The summed E-state index contributed by atoms with van der Waals surface area (Å²) >= 11 is 1.35. The van der Waals surface area contributed by atoms with E-state index >= 15 is 0 Å². The lowest BCUT2D eigenvalue weighted by molar-refractivity contribution is -0.113. The zero-order valence-corrected chi connectivity index (χ0v) is 16.9. The highest BCUT2D eigenvalue weighted by Gasteiger charge is 2.25. The number of ether oxygens (including phenoxy) is 1. The van der Waals surface area contributed by atoms with Crippen LogP contribution in [-0.4, -0.2) is 33.9 Å². The monoisotopic (exact) mass is 399 g/mol. The van der Waals surface area contributed by atoms with Crippen LogP contribution < -0.4 is 11.0 Å². The van der Waals surface area contributed by atoms with E-state index in [0.717, 1.165) is 61.2 Å². The minimum atomic E-state index is -0.224. The number of benzene rings is 1. The number of rotatable bonds is 6. The third-order valence-electron chi connectivity index (χ3n) is 5.29. The molecule has 1 saturated heterocycles. The first kappa shape index (κ1) is 19.2. The van der Waals surface area contributed by atoms with Crippen LogP contribution in [0.1, 0.15) is 36.1 Å². The van der Waals surface area contributed by atoms with Gasteiger partial charge in [-0.3, -0.25) is 9.36 Å². The van der Waals surface area contributed by atoms with Crippen molar-refractivity contribution in [3.05, 3.63) is 51.6 Å². The van der Waals surface area contributed by atoms with Gasteiger partial charge in [0.15, 0.2) is 0 Å². The van der Waals surface area contributed by atoms with Crippen molar-refractivity contribution in [2.24, 2.45) is 0 Å². The number of aromatic nitrogens is 2. The summed E-state index contributed by atoms with van der Waals surface area (Å²) in [5, 5.41) is 3.60. The minimum absolute atomic E-state index is 0.0917. The number of aryl methyl sites for hydroxylation is 1. The number of hydrogen-bond donors (Lipinski definition) is 1. The number of amides is 1. The largest absolute Gasteiger partial charge is 0.376 e. The summed E-state index contributed by atoms with van der Waals surface area (Å²) in [6.07, 6.45) is 4.99. The van der Waals surface area contributed by atoms with Crippen LogP contribution in [0.15, 0.2) is 34.1 Å². The number of anilines is 1. The second kappa shape index (κ2) is 8.49. The lowest BCUT2D eigenvalue weighted by Crippen LogP contribution is -2.31. The van der Waals surface area contributed by atoms with Crippen LogP contribution in [0.5, 0.6) is 0 Å². The topological polar surface area (TPSA) is 73.2 Å². The lowest BCUT2D eigenvalue weighted by atomic mass is 10.2. The summed E-state index contributed by atoms with van der Waals surface area (Å²) in [7, 11) is 0. The van der Waals surface area contributed by atoms with Crippen molar-refractivity contribution >= 4 is 23.4 Å². The molecule has 1 amide bonds. The molecule has 1 atom stereocenters. The van der Waals surface area contributed by atoms with E-state index in [1.54, 1.807) is 4.57 Å². The molecule has 0 bridgehead atoms. The Hall–Kier alpha value is -2.12. The van der Waals surface area contributed by atoms with Crippen LogP contribution >= 0.6 is 11.8 Å². The van der Waals surface area contributed by atoms with E-state index in [2.05, 4.69) is 10.3 Å². The average molecular weight is 400 g/mol. The number of thioether (sulfide) groups is 1. The highest BCUT2D eigenvalue weighted by Crippen LogP contribution is 2.30. The van der Waals surface area contributed by atoms with Crippen molar-refractivity contribution < 1.29 is 9.53 Å². The normalized spacial score (nSPS) is 18.2. The summed E-state index contributed by atoms with van der Waals surface area (Å²) in [6.45, 7) is 3.38. The molecule has 0 radical (unpaired) electrons. The molecule has 1 aromatic heterocycles. The standard InChI is InChI=1S/C21H25N3O3S/c1-14-7-9-15(10-8-14)22-19(25)13-28-20-17-5-2-6-18(17)24(21(26)23-20)12-16-4-3-11-27-16/h7-10,16H,2-6,11-13H2,1H3,(H,22,25). The maximum atomic E-state index is 12.6. The Kier molecular flexibility index (Phi) is 5.82. The highest BCUT2D eigenvalue weighted by atomic mass is 32.2. The molecule has 0 saturated carbocycles. The van der Waals surface area contributed by atoms with Crippen molar-refractivity contribution in [3.8, 4) is 0 Å². The van der Waals surface area contributed by atoms with Gasteiger partial charge in [0.25, 0.3) is 0 Å². The fourth-order valence-electron chi connectivity index (χ4n) is 3.85.